The van der Waals surface area contributed by atoms with Gasteiger partial charge in [0.25, 0.3) is 0 Å². The van der Waals surface area contributed by atoms with Crippen molar-refractivity contribution in [2.45, 2.75) is 108 Å². The minimum atomic E-state index is -1.03. The Morgan fingerprint density at radius 2 is 0.513 bits per heavy atom. The highest BCUT2D eigenvalue weighted by molar-refractivity contribution is 5.23. The SMILES string of the molecule is c1ccc(COC[C@H]2O[C@@H](OC[C@H]3O[C@H](Oc4ccccc4)[C@@H](OCc4ccccc4)[C@@H](OCc4ccccc4)[C@@H]3OCc3ccccc3)[C@H](OCc3ccccc3)[C@@H](OCc3ccccc3)[C@@H]2OCc2ccccc2)cc1. The number of benzene rings is 8. The van der Waals surface area contributed by atoms with E-state index in [1.807, 2.05) is 243 Å². The van der Waals surface area contributed by atoms with Crippen LogP contribution in [0.4, 0.5) is 0 Å². The minimum Gasteiger partial charge on any atom is -0.462 e. The van der Waals surface area contributed by atoms with Crippen molar-refractivity contribution in [2.75, 3.05) is 13.2 Å². The first-order chi connectivity index (χ1) is 38.7. The van der Waals surface area contributed by atoms with Gasteiger partial charge in [0, 0.05) is 0 Å². The highest BCUT2D eigenvalue weighted by Crippen LogP contribution is 2.36. The largest absolute Gasteiger partial charge is 0.462 e. The third kappa shape index (κ3) is 15.9. The first kappa shape index (κ1) is 54.5. The van der Waals surface area contributed by atoms with E-state index >= 15 is 0 Å². The van der Waals surface area contributed by atoms with Crippen molar-refractivity contribution in [3.05, 3.63) is 282 Å². The van der Waals surface area contributed by atoms with E-state index in [2.05, 4.69) is 0 Å². The molecule has 0 N–H and O–H groups in total. The summed E-state index contributed by atoms with van der Waals surface area (Å²) in [5, 5.41) is 0. The van der Waals surface area contributed by atoms with E-state index in [-0.39, 0.29) is 46.2 Å². The molecule has 0 aromatic heterocycles. The summed E-state index contributed by atoms with van der Waals surface area (Å²) in [4.78, 5) is 0. The Bertz CT molecular complexity index is 2870. The normalized spacial score (nSPS) is 23.1. The fourth-order valence-corrected chi connectivity index (χ4v) is 9.68. The predicted octanol–water partition coefficient (Wildman–Crippen LogP) is 12.3. The lowest BCUT2D eigenvalue weighted by molar-refractivity contribution is -0.346. The van der Waals surface area contributed by atoms with Crippen LogP contribution in [-0.4, -0.2) is 74.6 Å². The zero-order valence-electron chi connectivity index (χ0n) is 43.7. The van der Waals surface area contributed by atoms with E-state index in [1.165, 1.54) is 0 Å². The van der Waals surface area contributed by atoms with Crippen LogP contribution >= 0.6 is 0 Å². The second-order valence-electron chi connectivity index (χ2n) is 19.4. The summed E-state index contributed by atoms with van der Waals surface area (Å²) in [6, 6.07) is 80.1. The van der Waals surface area contributed by atoms with Gasteiger partial charge in [0.05, 0.1) is 59.5 Å². The van der Waals surface area contributed by atoms with Crippen LogP contribution in [0.1, 0.15) is 38.9 Å². The summed E-state index contributed by atoms with van der Waals surface area (Å²) in [6.45, 7) is 2.08. The highest BCUT2D eigenvalue weighted by Gasteiger charge is 2.53. The molecule has 0 radical (unpaired) electrons. The maximum Gasteiger partial charge on any atom is 0.229 e. The molecule has 0 bridgehead atoms. The molecule has 402 valence electrons. The van der Waals surface area contributed by atoms with E-state index in [0.29, 0.717) is 19.0 Å². The Balaban J connectivity index is 1.01. The van der Waals surface area contributed by atoms with Crippen molar-refractivity contribution < 1.29 is 52.1 Å². The average molecular weight is 1050 g/mol. The predicted molar refractivity (Wildman–Crippen MR) is 297 cm³/mol. The first-order valence-electron chi connectivity index (χ1n) is 26.9. The van der Waals surface area contributed by atoms with Crippen LogP contribution in [0.5, 0.6) is 5.75 Å². The fraction of sp³-hybridized carbons (Fsp3) is 0.284. The molecular formula is C67H68O11. The molecule has 0 saturated carbocycles. The first-order valence-corrected chi connectivity index (χ1v) is 26.9. The fourth-order valence-electron chi connectivity index (χ4n) is 9.68. The summed E-state index contributed by atoms with van der Waals surface area (Å²) < 4.78 is 76.9. The van der Waals surface area contributed by atoms with E-state index < -0.39 is 61.4 Å². The molecule has 8 aromatic rings. The van der Waals surface area contributed by atoms with Gasteiger partial charge in [-0.1, -0.05) is 231 Å². The maximum atomic E-state index is 7.17. The molecule has 11 nitrogen and oxygen atoms in total. The van der Waals surface area contributed by atoms with Crippen LogP contribution in [0.3, 0.4) is 0 Å². The molecule has 2 aliphatic heterocycles. The molecule has 8 aromatic carbocycles. The molecule has 0 spiro atoms. The van der Waals surface area contributed by atoms with Gasteiger partial charge < -0.3 is 52.1 Å². The van der Waals surface area contributed by atoms with E-state index in [1.54, 1.807) is 0 Å². The van der Waals surface area contributed by atoms with Gasteiger partial charge in [0.1, 0.15) is 54.6 Å². The van der Waals surface area contributed by atoms with Crippen LogP contribution in [0.15, 0.2) is 243 Å². The quantitative estimate of drug-likeness (QED) is 0.0492. The van der Waals surface area contributed by atoms with Gasteiger partial charge in [-0.05, 0) is 51.1 Å². The van der Waals surface area contributed by atoms with Crippen molar-refractivity contribution in [2.24, 2.45) is 0 Å². The molecule has 78 heavy (non-hydrogen) atoms. The second-order valence-corrected chi connectivity index (χ2v) is 19.4. The van der Waals surface area contributed by atoms with Crippen LogP contribution in [0, 0.1) is 0 Å². The summed E-state index contributed by atoms with van der Waals surface area (Å²) in [5.41, 5.74) is 6.94. The van der Waals surface area contributed by atoms with Crippen molar-refractivity contribution in [1.29, 1.82) is 0 Å². The van der Waals surface area contributed by atoms with Gasteiger partial charge in [-0.2, -0.15) is 0 Å². The van der Waals surface area contributed by atoms with Crippen LogP contribution in [-0.2, 0) is 93.6 Å². The Hall–Kier alpha value is -6.84. The molecule has 10 atom stereocenters. The van der Waals surface area contributed by atoms with Crippen molar-refractivity contribution >= 4 is 0 Å². The van der Waals surface area contributed by atoms with Crippen LogP contribution in [0.2, 0.25) is 0 Å². The third-order valence-corrected chi connectivity index (χ3v) is 13.7. The Morgan fingerprint density at radius 1 is 0.244 bits per heavy atom. The Kier molecular flexibility index (Phi) is 20.4. The minimum absolute atomic E-state index is 0.0426. The topological polar surface area (TPSA) is 102 Å². The monoisotopic (exact) mass is 1050 g/mol. The van der Waals surface area contributed by atoms with Gasteiger partial charge in [-0.25, -0.2) is 0 Å². The summed E-state index contributed by atoms with van der Waals surface area (Å²) >= 11 is 0. The molecule has 10 rings (SSSR count). The van der Waals surface area contributed by atoms with Gasteiger partial charge in [-0.3, -0.25) is 0 Å². The molecule has 2 fully saturated rings. The molecule has 11 heteroatoms. The molecule has 2 saturated heterocycles. The Labute approximate surface area is 458 Å². The van der Waals surface area contributed by atoms with Gasteiger partial charge >= 0.3 is 0 Å². The zero-order chi connectivity index (χ0) is 52.8. The van der Waals surface area contributed by atoms with E-state index in [4.69, 9.17) is 52.1 Å². The van der Waals surface area contributed by atoms with Crippen molar-refractivity contribution in [1.82, 2.24) is 0 Å². The lowest BCUT2D eigenvalue weighted by atomic mass is 9.96. The molecular weight excluding hydrogens is 981 g/mol. The number of ether oxygens (including phenoxy) is 11. The third-order valence-electron chi connectivity index (χ3n) is 13.7. The molecule has 2 heterocycles. The maximum absolute atomic E-state index is 7.17. The average Bonchev–Trinajstić information content (AvgIpc) is 3.52. The van der Waals surface area contributed by atoms with Gasteiger partial charge in [0.15, 0.2) is 6.29 Å². The number of rotatable bonds is 27. The van der Waals surface area contributed by atoms with Crippen molar-refractivity contribution in [3.8, 4) is 5.75 Å². The van der Waals surface area contributed by atoms with Crippen molar-refractivity contribution in [3.63, 3.8) is 0 Å². The van der Waals surface area contributed by atoms with E-state index in [0.717, 1.165) is 38.9 Å². The van der Waals surface area contributed by atoms with Crippen LogP contribution in [0.25, 0.3) is 0 Å². The molecule has 2 aliphatic rings. The summed E-state index contributed by atoms with van der Waals surface area (Å²) in [6.07, 6.45) is -7.95. The zero-order valence-corrected chi connectivity index (χ0v) is 43.7. The van der Waals surface area contributed by atoms with Crippen LogP contribution < -0.4 is 4.74 Å². The molecule has 0 unspecified atom stereocenters. The second kappa shape index (κ2) is 29.2. The molecule has 0 amide bonds. The highest BCUT2D eigenvalue weighted by atomic mass is 16.8. The lowest BCUT2D eigenvalue weighted by Crippen LogP contribution is -2.64. The standard InChI is InChI=1S/C67H68O11/c1-9-25-50(26-10-1)41-68-48-58-60(69-42-51-27-11-2-12-28-51)62(71-44-53-31-15-4-16-32-53)64(73-46-55-35-19-6-20-36-55)66(77-58)75-49-59-61(70-43-52-29-13-3-14-30-52)63(72-45-54-33-17-5-18-34-54)65(74-47-56-37-21-7-22-38-56)67(78-59)76-57-39-23-8-24-40-57/h1-40,58-67H,41-49H2/t58-,59-,60-,61-,62+,63+,64-,65+,66-,67+/m1/s1. The summed E-state index contributed by atoms with van der Waals surface area (Å²) in [7, 11) is 0. The smallest absolute Gasteiger partial charge is 0.229 e. The number of hydrogen-bond donors (Lipinski definition) is 0. The Morgan fingerprint density at radius 3 is 0.872 bits per heavy atom. The molecule has 0 aliphatic carbocycles. The van der Waals surface area contributed by atoms with E-state index in [9.17, 15) is 0 Å². The lowest BCUT2D eigenvalue weighted by Gasteiger charge is -2.48. The summed E-state index contributed by atoms with van der Waals surface area (Å²) in [5.74, 6) is 0.601. The van der Waals surface area contributed by atoms with Gasteiger partial charge in [0.2, 0.25) is 6.29 Å². The van der Waals surface area contributed by atoms with Gasteiger partial charge in [-0.15, -0.1) is 0 Å². The number of para-hydroxylation sites is 1. The number of hydrogen-bond acceptors (Lipinski definition) is 11.